The zero-order chi connectivity index (χ0) is 15.4. The second kappa shape index (κ2) is 7.34. The SMILES string of the molecule is CCCNC(c1cc(F)ccc1F)c1cc(Br)ccc1Cl. The van der Waals surface area contributed by atoms with Gasteiger partial charge in [0.25, 0.3) is 0 Å². The number of halogens is 4. The highest BCUT2D eigenvalue weighted by atomic mass is 79.9. The van der Waals surface area contributed by atoms with Gasteiger partial charge in [-0.2, -0.15) is 0 Å². The van der Waals surface area contributed by atoms with E-state index >= 15 is 0 Å². The largest absolute Gasteiger partial charge is 0.306 e. The molecular formula is C16H15BrClF2N. The van der Waals surface area contributed by atoms with Crippen LogP contribution in [-0.4, -0.2) is 6.54 Å². The highest BCUT2D eigenvalue weighted by Gasteiger charge is 2.20. The van der Waals surface area contributed by atoms with Crippen LogP contribution in [0.4, 0.5) is 8.78 Å². The summed E-state index contributed by atoms with van der Waals surface area (Å²) in [6, 6.07) is 8.32. The van der Waals surface area contributed by atoms with E-state index in [4.69, 9.17) is 11.6 Å². The summed E-state index contributed by atoms with van der Waals surface area (Å²) < 4.78 is 28.4. The Morgan fingerprint density at radius 1 is 1.14 bits per heavy atom. The summed E-state index contributed by atoms with van der Waals surface area (Å²) in [6.45, 7) is 2.68. The first-order valence-electron chi connectivity index (χ1n) is 6.66. The van der Waals surface area contributed by atoms with Crippen molar-refractivity contribution < 1.29 is 8.78 Å². The van der Waals surface area contributed by atoms with Crippen LogP contribution in [0, 0.1) is 11.6 Å². The number of hydrogen-bond donors (Lipinski definition) is 1. The maximum Gasteiger partial charge on any atom is 0.128 e. The standard InChI is InChI=1S/C16H15BrClF2N/c1-2-7-21-16(12-8-10(17)3-5-14(12)18)13-9-11(19)4-6-15(13)20/h3-6,8-9,16,21H,2,7H2,1H3. The lowest BCUT2D eigenvalue weighted by Gasteiger charge is -2.21. The minimum Gasteiger partial charge on any atom is -0.306 e. The molecule has 21 heavy (non-hydrogen) atoms. The molecule has 0 saturated carbocycles. The van der Waals surface area contributed by atoms with E-state index in [0.29, 0.717) is 17.1 Å². The molecule has 0 fully saturated rings. The lowest BCUT2D eigenvalue weighted by molar-refractivity contribution is 0.535. The maximum atomic E-state index is 14.1. The van der Waals surface area contributed by atoms with Gasteiger partial charge in [-0.05, 0) is 54.9 Å². The summed E-state index contributed by atoms with van der Waals surface area (Å²) in [6.07, 6.45) is 0.874. The van der Waals surface area contributed by atoms with E-state index in [0.717, 1.165) is 23.0 Å². The van der Waals surface area contributed by atoms with Crippen molar-refractivity contribution in [3.8, 4) is 0 Å². The molecule has 0 aromatic heterocycles. The monoisotopic (exact) mass is 373 g/mol. The van der Waals surface area contributed by atoms with Gasteiger partial charge >= 0.3 is 0 Å². The topological polar surface area (TPSA) is 12.0 Å². The van der Waals surface area contributed by atoms with Crippen LogP contribution < -0.4 is 5.32 Å². The van der Waals surface area contributed by atoms with E-state index < -0.39 is 17.7 Å². The van der Waals surface area contributed by atoms with E-state index in [9.17, 15) is 8.78 Å². The summed E-state index contributed by atoms with van der Waals surface area (Å²) in [5.74, 6) is -0.929. The second-order valence-corrected chi connectivity index (χ2v) is 6.04. The fourth-order valence-corrected chi connectivity index (χ4v) is 2.75. The predicted octanol–water partition coefficient (Wildman–Crippen LogP) is 5.47. The second-order valence-electron chi connectivity index (χ2n) is 4.72. The van der Waals surface area contributed by atoms with E-state index in [-0.39, 0.29) is 5.56 Å². The normalized spacial score (nSPS) is 12.4. The summed E-state index contributed by atoms with van der Waals surface area (Å²) in [5, 5.41) is 3.74. The molecule has 0 aliphatic carbocycles. The van der Waals surface area contributed by atoms with Crippen LogP contribution in [0.15, 0.2) is 40.9 Å². The van der Waals surface area contributed by atoms with Crippen molar-refractivity contribution >= 4 is 27.5 Å². The number of rotatable bonds is 5. The molecule has 0 aliphatic heterocycles. The molecule has 112 valence electrons. The van der Waals surface area contributed by atoms with Gasteiger partial charge in [0.1, 0.15) is 11.6 Å². The first-order chi connectivity index (χ1) is 10.0. The van der Waals surface area contributed by atoms with Crippen molar-refractivity contribution in [3.05, 3.63) is 68.7 Å². The van der Waals surface area contributed by atoms with Crippen LogP contribution in [-0.2, 0) is 0 Å². The van der Waals surface area contributed by atoms with E-state index in [1.165, 1.54) is 6.07 Å². The van der Waals surface area contributed by atoms with Gasteiger partial charge in [-0.25, -0.2) is 8.78 Å². The van der Waals surface area contributed by atoms with Gasteiger partial charge in [0.15, 0.2) is 0 Å². The first-order valence-corrected chi connectivity index (χ1v) is 7.83. The van der Waals surface area contributed by atoms with Gasteiger partial charge in [-0.1, -0.05) is 34.5 Å². The van der Waals surface area contributed by atoms with Crippen molar-refractivity contribution in [1.29, 1.82) is 0 Å². The fourth-order valence-electron chi connectivity index (χ4n) is 2.15. The first kappa shape index (κ1) is 16.4. The number of hydrogen-bond acceptors (Lipinski definition) is 1. The van der Waals surface area contributed by atoms with E-state index in [1.54, 1.807) is 6.07 Å². The van der Waals surface area contributed by atoms with Crippen LogP contribution in [0.25, 0.3) is 0 Å². The van der Waals surface area contributed by atoms with Gasteiger partial charge in [0, 0.05) is 15.1 Å². The van der Waals surface area contributed by atoms with Crippen molar-refractivity contribution in [3.63, 3.8) is 0 Å². The Morgan fingerprint density at radius 2 is 1.90 bits per heavy atom. The number of benzene rings is 2. The van der Waals surface area contributed by atoms with Gasteiger partial charge in [-0.15, -0.1) is 0 Å². The Balaban J connectivity index is 2.52. The summed E-state index contributed by atoms with van der Waals surface area (Å²) >= 11 is 9.62. The fraction of sp³-hybridized carbons (Fsp3) is 0.250. The molecule has 0 amide bonds. The third-order valence-corrected chi connectivity index (χ3v) is 3.97. The molecule has 0 spiro atoms. The van der Waals surface area contributed by atoms with Crippen LogP contribution in [0.3, 0.4) is 0 Å². The molecular weight excluding hydrogens is 360 g/mol. The van der Waals surface area contributed by atoms with Crippen molar-refractivity contribution in [2.75, 3.05) is 6.54 Å². The molecule has 0 radical (unpaired) electrons. The van der Waals surface area contributed by atoms with Crippen LogP contribution in [0.1, 0.15) is 30.5 Å². The maximum absolute atomic E-state index is 14.1. The Hall–Kier alpha value is -0.970. The molecule has 2 aromatic rings. The minimum absolute atomic E-state index is 0.253. The molecule has 2 aromatic carbocycles. The lowest BCUT2D eigenvalue weighted by atomic mass is 9.97. The van der Waals surface area contributed by atoms with Crippen molar-refractivity contribution in [2.45, 2.75) is 19.4 Å². The molecule has 1 nitrogen and oxygen atoms in total. The van der Waals surface area contributed by atoms with E-state index in [1.807, 2.05) is 19.1 Å². The highest BCUT2D eigenvalue weighted by Crippen LogP contribution is 2.32. The lowest BCUT2D eigenvalue weighted by Crippen LogP contribution is -2.24. The Morgan fingerprint density at radius 3 is 2.62 bits per heavy atom. The smallest absolute Gasteiger partial charge is 0.128 e. The van der Waals surface area contributed by atoms with Crippen LogP contribution >= 0.6 is 27.5 Å². The summed E-state index contributed by atoms with van der Waals surface area (Å²) in [7, 11) is 0. The highest BCUT2D eigenvalue weighted by molar-refractivity contribution is 9.10. The van der Waals surface area contributed by atoms with E-state index in [2.05, 4.69) is 21.2 Å². The molecule has 0 aliphatic rings. The summed E-state index contributed by atoms with van der Waals surface area (Å²) in [4.78, 5) is 0. The molecule has 0 saturated heterocycles. The third-order valence-electron chi connectivity index (χ3n) is 3.14. The Bertz CT molecular complexity index is 582. The van der Waals surface area contributed by atoms with Gasteiger partial charge in [-0.3, -0.25) is 0 Å². The molecule has 5 heteroatoms. The van der Waals surface area contributed by atoms with Crippen LogP contribution in [0.2, 0.25) is 5.02 Å². The van der Waals surface area contributed by atoms with Crippen molar-refractivity contribution in [2.24, 2.45) is 0 Å². The van der Waals surface area contributed by atoms with Crippen LogP contribution in [0.5, 0.6) is 0 Å². The van der Waals surface area contributed by atoms with Crippen molar-refractivity contribution in [1.82, 2.24) is 5.32 Å². The molecule has 1 N–H and O–H groups in total. The molecule has 2 rings (SSSR count). The summed E-state index contributed by atoms with van der Waals surface area (Å²) in [5.41, 5.74) is 0.965. The van der Waals surface area contributed by atoms with Gasteiger partial charge in [0.05, 0.1) is 6.04 Å². The minimum atomic E-state index is -0.495. The molecule has 0 heterocycles. The van der Waals surface area contributed by atoms with Gasteiger partial charge < -0.3 is 5.32 Å². The molecule has 1 atom stereocenters. The Kier molecular flexibility index (Phi) is 5.73. The Labute approximate surface area is 136 Å². The molecule has 1 unspecified atom stereocenters. The predicted molar refractivity (Wildman–Crippen MR) is 85.6 cm³/mol. The number of nitrogens with one attached hydrogen (secondary N) is 1. The average molecular weight is 375 g/mol. The third kappa shape index (κ3) is 4.02. The quantitative estimate of drug-likeness (QED) is 0.732. The zero-order valence-electron chi connectivity index (χ0n) is 11.5. The molecule has 0 bridgehead atoms. The average Bonchev–Trinajstić information content (AvgIpc) is 2.46. The zero-order valence-corrected chi connectivity index (χ0v) is 13.8. The van der Waals surface area contributed by atoms with Gasteiger partial charge in [0.2, 0.25) is 0 Å².